The fraction of sp³-hybridized carbons (Fsp3) is 0.381. The molecule has 1 atom stereocenters. The van der Waals surface area contributed by atoms with Crippen molar-refractivity contribution in [3.63, 3.8) is 0 Å². The van der Waals surface area contributed by atoms with Crippen LogP contribution in [0.2, 0.25) is 0 Å². The first-order chi connectivity index (χ1) is 14.3. The van der Waals surface area contributed by atoms with Crippen molar-refractivity contribution in [1.82, 2.24) is 4.31 Å². The van der Waals surface area contributed by atoms with Crippen molar-refractivity contribution in [1.29, 1.82) is 0 Å². The van der Waals surface area contributed by atoms with Gasteiger partial charge in [0.15, 0.2) is 0 Å². The van der Waals surface area contributed by atoms with Crippen LogP contribution in [0.4, 0.5) is 11.4 Å². The monoisotopic (exact) mass is 429 g/mol. The van der Waals surface area contributed by atoms with E-state index in [0.29, 0.717) is 25.9 Å². The number of hydrogen-bond acceptors (Lipinski definition) is 5. The third-order valence-electron chi connectivity index (χ3n) is 5.82. The second-order valence-corrected chi connectivity index (χ2v) is 9.76. The largest absolute Gasteiger partial charge is 0.312 e. The minimum atomic E-state index is -3.82. The summed E-state index contributed by atoms with van der Waals surface area (Å²) < 4.78 is 27.4. The Morgan fingerprint density at radius 2 is 1.87 bits per heavy atom. The number of amides is 1. The van der Waals surface area contributed by atoms with Crippen LogP contribution in [0.25, 0.3) is 0 Å². The number of anilines is 1. The molecule has 2 heterocycles. The van der Waals surface area contributed by atoms with Crippen LogP contribution in [0.15, 0.2) is 47.4 Å². The highest BCUT2D eigenvalue weighted by Crippen LogP contribution is 2.32. The number of nitrogens with zero attached hydrogens (tertiary/aromatic N) is 3. The van der Waals surface area contributed by atoms with Crippen molar-refractivity contribution in [3.05, 3.63) is 63.7 Å². The molecule has 2 aromatic rings. The van der Waals surface area contributed by atoms with E-state index in [9.17, 15) is 23.3 Å². The standard InChI is InChI=1S/C21H23N3O5S/c1-15-4-9-20-16(13-15)10-12-23(20)21(25)17-3-2-11-22(14-17)30(28,29)19-7-5-18(6-8-19)24(26)27/h4-9,13,17H,2-3,10-12,14H2,1H3. The van der Waals surface area contributed by atoms with Gasteiger partial charge in [-0.05, 0) is 49.9 Å². The van der Waals surface area contributed by atoms with E-state index in [1.54, 1.807) is 4.90 Å². The highest BCUT2D eigenvalue weighted by Gasteiger charge is 2.37. The zero-order valence-corrected chi connectivity index (χ0v) is 17.5. The van der Waals surface area contributed by atoms with Crippen molar-refractivity contribution in [2.75, 3.05) is 24.5 Å². The van der Waals surface area contributed by atoms with Gasteiger partial charge in [0, 0.05) is 37.5 Å². The Labute approximate surface area is 175 Å². The average molecular weight is 429 g/mol. The van der Waals surface area contributed by atoms with E-state index in [1.165, 1.54) is 28.6 Å². The summed E-state index contributed by atoms with van der Waals surface area (Å²) in [6.45, 7) is 3.09. The van der Waals surface area contributed by atoms with Gasteiger partial charge in [0.25, 0.3) is 5.69 Å². The third-order valence-corrected chi connectivity index (χ3v) is 7.69. The number of rotatable bonds is 4. The highest BCUT2D eigenvalue weighted by molar-refractivity contribution is 7.89. The smallest absolute Gasteiger partial charge is 0.269 e. The maximum Gasteiger partial charge on any atom is 0.269 e. The van der Waals surface area contributed by atoms with Crippen LogP contribution in [0.3, 0.4) is 0 Å². The zero-order valence-electron chi connectivity index (χ0n) is 16.7. The zero-order chi connectivity index (χ0) is 21.5. The van der Waals surface area contributed by atoms with E-state index >= 15 is 0 Å². The number of carbonyl (C=O) groups is 1. The SMILES string of the molecule is Cc1ccc2c(c1)CCN2C(=O)C1CCCN(S(=O)(=O)c2ccc([N+](=O)[O-])cc2)C1. The maximum atomic E-state index is 13.2. The molecule has 0 radical (unpaired) electrons. The van der Waals surface area contributed by atoms with Crippen LogP contribution in [-0.2, 0) is 21.2 Å². The molecule has 2 aromatic carbocycles. The predicted molar refractivity (Wildman–Crippen MR) is 112 cm³/mol. The fourth-order valence-electron chi connectivity index (χ4n) is 4.23. The minimum Gasteiger partial charge on any atom is -0.312 e. The maximum absolute atomic E-state index is 13.2. The molecule has 0 aromatic heterocycles. The van der Waals surface area contributed by atoms with Crippen LogP contribution < -0.4 is 4.90 Å². The number of carbonyl (C=O) groups excluding carboxylic acids is 1. The Morgan fingerprint density at radius 3 is 2.57 bits per heavy atom. The van der Waals surface area contributed by atoms with E-state index in [-0.39, 0.29) is 23.0 Å². The summed E-state index contributed by atoms with van der Waals surface area (Å²) >= 11 is 0. The third kappa shape index (κ3) is 3.70. The molecule has 0 aliphatic carbocycles. The number of piperidine rings is 1. The Hall–Kier alpha value is -2.78. The summed E-state index contributed by atoms with van der Waals surface area (Å²) in [5, 5.41) is 10.8. The van der Waals surface area contributed by atoms with E-state index in [2.05, 4.69) is 6.07 Å². The average Bonchev–Trinajstić information content (AvgIpc) is 3.16. The summed E-state index contributed by atoms with van der Waals surface area (Å²) in [4.78, 5) is 25.2. The first kappa shape index (κ1) is 20.5. The summed E-state index contributed by atoms with van der Waals surface area (Å²) in [5.74, 6) is -0.444. The van der Waals surface area contributed by atoms with Gasteiger partial charge in [0.2, 0.25) is 15.9 Å². The molecule has 2 aliphatic heterocycles. The lowest BCUT2D eigenvalue weighted by Gasteiger charge is -2.33. The van der Waals surface area contributed by atoms with Gasteiger partial charge in [-0.15, -0.1) is 0 Å². The quantitative estimate of drug-likeness (QED) is 0.549. The first-order valence-corrected chi connectivity index (χ1v) is 11.4. The van der Waals surface area contributed by atoms with E-state index in [1.807, 2.05) is 19.1 Å². The number of sulfonamides is 1. The van der Waals surface area contributed by atoms with Gasteiger partial charge in [-0.1, -0.05) is 17.7 Å². The summed E-state index contributed by atoms with van der Waals surface area (Å²) in [6.07, 6.45) is 2.04. The molecule has 9 heteroatoms. The molecule has 0 N–H and O–H groups in total. The summed E-state index contributed by atoms with van der Waals surface area (Å²) in [7, 11) is -3.82. The number of nitro benzene ring substituents is 1. The van der Waals surface area contributed by atoms with Crippen LogP contribution >= 0.6 is 0 Å². The minimum absolute atomic E-state index is 0.00296. The van der Waals surface area contributed by atoms with Crippen molar-refractivity contribution >= 4 is 27.3 Å². The van der Waals surface area contributed by atoms with Gasteiger partial charge < -0.3 is 4.90 Å². The van der Waals surface area contributed by atoms with Crippen molar-refractivity contribution in [2.45, 2.75) is 31.1 Å². The Morgan fingerprint density at radius 1 is 1.13 bits per heavy atom. The van der Waals surface area contributed by atoms with Gasteiger partial charge >= 0.3 is 0 Å². The molecule has 0 bridgehead atoms. The molecule has 0 saturated carbocycles. The lowest BCUT2D eigenvalue weighted by atomic mass is 9.98. The summed E-state index contributed by atoms with van der Waals surface area (Å²) in [5.41, 5.74) is 3.06. The molecule has 4 rings (SSSR count). The van der Waals surface area contributed by atoms with Gasteiger partial charge in [-0.3, -0.25) is 14.9 Å². The molecule has 30 heavy (non-hydrogen) atoms. The lowest BCUT2D eigenvalue weighted by molar-refractivity contribution is -0.384. The number of non-ortho nitro benzene ring substituents is 1. The number of fused-ring (bicyclic) bond motifs is 1. The normalized spacial score (nSPS) is 19.5. The number of hydrogen-bond donors (Lipinski definition) is 0. The van der Waals surface area contributed by atoms with Crippen molar-refractivity contribution in [3.8, 4) is 0 Å². The topological polar surface area (TPSA) is 101 Å². The Balaban J connectivity index is 1.52. The van der Waals surface area contributed by atoms with Crippen LogP contribution in [0.5, 0.6) is 0 Å². The van der Waals surface area contributed by atoms with Gasteiger partial charge in [0.05, 0.1) is 15.7 Å². The van der Waals surface area contributed by atoms with Gasteiger partial charge in [0.1, 0.15) is 0 Å². The van der Waals surface area contributed by atoms with Crippen molar-refractivity contribution in [2.24, 2.45) is 5.92 Å². The van der Waals surface area contributed by atoms with Crippen LogP contribution in [-0.4, -0.2) is 43.2 Å². The van der Waals surface area contributed by atoms with Gasteiger partial charge in [-0.25, -0.2) is 8.42 Å². The molecule has 8 nitrogen and oxygen atoms in total. The second-order valence-electron chi connectivity index (χ2n) is 7.83. The molecular formula is C21H23N3O5S. The molecular weight excluding hydrogens is 406 g/mol. The number of aryl methyl sites for hydroxylation is 1. The molecule has 1 amide bonds. The molecule has 1 fully saturated rings. The van der Waals surface area contributed by atoms with Gasteiger partial charge in [-0.2, -0.15) is 4.31 Å². The first-order valence-electron chi connectivity index (χ1n) is 9.93. The second kappa shape index (κ2) is 7.81. The fourth-order valence-corrected chi connectivity index (χ4v) is 5.75. The van der Waals surface area contributed by atoms with Crippen LogP contribution in [0, 0.1) is 23.0 Å². The van der Waals surface area contributed by atoms with E-state index in [0.717, 1.165) is 23.2 Å². The lowest BCUT2D eigenvalue weighted by Crippen LogP contribution is -2.46. The summed E-state index contributed by atoms with van der Waals surface area (Å²) in [6, 6.07) is 10.9. The highest BCUT2D eigenvalue weighted by atomic mass is 32.2. The Kier molecular flexibility index (Phi) is 5.33. The number of nitro groups is 1. The molecule has 1 unspecified atom stereocenters. The molecule has 158 valence electrons. The molecule has 2 aliphatic rings. The van der Waals surface area contributed by atoms with Crippen molar-refractivity contribution < 1.29 is 18.1 Å². The molecule has 0 spiro atoms. The van der Waals surface area contributed by atoms with E-state index < -0.39 is 20.9 Å². The predicted octanol–water partition coefficient (Wildman–Crippen LogP) is 2.89. The number of benzene rings is 2. The van der Waals surface area contributed by atoms with E-state index in [4.69, 9.17) is 0 Å². The molecule has 1 saturated heterocycles. The Bertz CT molecular complexity index is 1100. The van der Waals surface area contributed by atoms with Crippen LogP contribution in [0.1, 0.15) is 24.0 Å².